The summed E-state index contributed by atoms with van der Waals surface area (Å²) in [7, 11) is 4.87. The molecule has 2 heterocycles. The molecule has 0 aliphatic carbocycles. The van der Waals surface area contributed by atoms with Gasteiger partial charge in [-0.05, 0) is 24.6 Å². The first kappa shape index (κ1) is 25.7. The van der Waals surface area contributed by atoms with Gasteiger partial charge in [0.15, 0.2) is 0 Å². The minimum absolute atomic E-state index is 0.158. The first-order valence-corrected chi connectivity index (χ1v) is 11.3. The highest BCUT2D eigenvalue weighted by Crippen LogP contribution is 2.34. The quantitative estimate of drug-likeness (QED) is 0.334. The summed E-state index contributed by atoms with van der Waals surface area (Å²) in [5.41, 5.74) is 4.19. The molecule has 0 saturated carbocycles. The summed E-state index contributed by atoms with van der Waals surface area (Å²) < 4.78 is 50.2. The summed E-state index contributed by atoms with van der Waals surface area (Å²) in [6.07, 6.45) is 0.518. The van der Waals surface area contributed by atoms with Crippen LogP contribution in [0.15, 0.2) is 55.0 Å². The molecule has 0 aliphatic heterocycles. The Labute approximate surface area is 210 Å². The van der Waals surface area contributed by atoms with E-state index >= 15 is 0 Å². The predicted molar refractivity (Wildman–Crippen MR) is 132 cm³/mol. The summed E-state index contributed by atoms with van der Waals surface area (Å²) in [5, 5.41) is 6.09. The molecule has 0 spiro atoms. The van der Waals surface area contributed by atoms with Gasteiger partial charge in [0.25, 0.3) is 0 Å². The Balaban J connectivity index is 1.68. The lowest BCUT2D eigenvalue weighted by atomic mass is 10.1. The van der Waals surface area contributed by atoms with E-state index in [4.69, 9.17) is 14.5 Å². The molecule has 12 heteroatoms. The smallest absolute Gasteiger partial charge is 0.471 e. The Morgan fingerprint density at radius 2 is 1.76 bits per heavy atom. The second-order valence-electron chi connectivity index (χ2n) is 8.16. The molecule has 1 N–H and O–H groups in total. The van der Waals surface area contributed by atoms with Crippen molar-refractivity contribution in [3.05, 3.63) is 55.0 Å². The van der Waals surface area contributed by atoms with E-state index in [0.717, 1.165) is 11.3 Å². The number of amides is 1. The van der Waals surface area contributed by atoms with E-state index in [0.29, 0.717) is 33.9 Å². The third kappa shape index (κ3) is 6.08. The zero-order valence-corrected chi connectivity index (χ0v) is 20.4. The fraction of sp³-hybridized carbons (Fsp3) is 0.280. The van der Waals surface area contributed by atoms with Crippen LogP contribution in [-0.2, 0) is 11.8 Å². The molecule has 0 radical (unpaired) electrons. The van der Waals surface area contributed by atoms with E-state index in [2.05, 4.69) is 10.1 Å². The van der Waals surface area contributed by atoms with Gasteiger partial charge < -0.3 is 19.7 Å². The molecule has 0 unspecified atom stereocenters. The summed E-state index contributed by atoms with van der Waals surface area (Å²) in [5.74, 6) is -0.876. The number of fused-ring (bicyclic) bond motifs is 1. The maximum Gasteiger partial charge on any atom is 0.471 e. The number of anilines is 2. The SMILES string of the molecule is COc1cc(OC)cc(N(CCCNC(=O)C(F)(F)F)c2ccc3ncc(-c4cnn(C)c4)nc3c2)c1. The first-order valence-electron chi connectivity index (χ1n) is 11.3. The van der Waals surface area contributed by atoms with Crippen LogP contribution in [0.3, 0.4) is 0 Å². The number of ether oxygens (including phenoxy) is 2. The Morgan fingerprint density at radius 3 is 2.38 bits per heavy atom. The summed E-state index contributed by atoms with van der Waals surface area (Å²) in [6, 6.07) is 10.8. The monoisotopic (exact) mass is 514 g/mol. The number of halogens is 3. The molecule has 0 aliphatic rings. The predicted octanol–water partition coefficient (Wildman–Crippen LogP) is 4.25. The number of hydrogen-bond donors (Lipinski definition) is 1. The molecule has 4 rings (SSSR count). The van der Waals surface area contributed by atoms with Gasteiger partial charge >= 0.3 is 12.1 Å². The highest BCUT2D eigenvalue weighted by atomic mass is 19.4. The van der Waals surface area contributed by atoms with Crippen molar-refractivity contribution in [2.75, 3.05) is 32.2 Å². The van der Waals surface area contributed by atoms with Crippen molar-refractivity contribution in [2.24, 2.45) is 7.05 Å². The van der Waals surface area contributed by atoms with Gasteiger partial charge in [-0.2, -0.15) is 18.3 Å². The fourth-order valence-electron chi connectivity index (χ4n) is 3.76. The second-order valence-corrected chi connectivity index (χ2v) is 8.16. The number of benzene rings is 2. The number of aryl methyl sites for hydroxylation is 1. The lowest BCUT2D eigenvalue weighted by Crippen LogP contribution is -2.38. The van der Waals surface area contributed by atoms with Gasteiger partial charge in [-0.15, -0.1) is 0 Å². The molecule has 1 amide bonds. The molecule has 37 heavy (non-hydrogen) atoms. The topological polar surface area (TPSA) is 94.4 Å². The molecular weight excluding hydrogens is 489 g/mol. The van der Waals surface area contributed by atoms with Gasteiger partial charge in [-0.3, -0.25) is 14.5 Å². The van der Waals surface area contributed by atoms with Crippen LogP contribution in [0.25, 0.3) is 22.3 Å². The van der Waals surface area contributed by atoms with Gasteiger partial charge in [0.2, 0.25) is 0 Å². The van der Waals surface area contributed by atoms with Crippen molar-refractivity contribution in [3.63, 3.8) is 0 Å². The van der Waals surface area contributed by atoms with Crippen LogP contribution in [0.5, 0.6) is 11.5 Å². The van der Waals surface area contributed by atoms with E-state index in [9.17, 15) is 18.0 Å². The molecule has 4 aromatic rings. The Hall–Kier alpha value is -4.35. The minimum atomic E-state index is -4.93. The number of methoxy groups -OCH3 is 2. The van der Waals surface area contributed by atoms with E-state index < -0.39 is 12.1 Å². The summed E-state index contributed by atoms with van der Waals surface area (Å²) >= 11 is 0. The maximum absolute atomic E-state index is 12.6. The Kier molecular flexibility index (Phi) is 7.46. The third-order valence-corrected chi connectivity index (χ3v) is 5.59. The Bertz CT molecular complexity index is 1380. The summed E-state index contributed by atoms with van der Waals surface area (Å²) in [6.45, 7) is 0.129. The van der Waals surface area contributed by atoms with Gasteiger partial charge in [-0.1, -0.05) is 0 Å². The van der Waals surface area contributed by atoms with Gasteiger partial charge in [0.05, 0.1) is 43.3 Å². The van der Waals surface area contributed by atoms with Crippen molar-refractivity contribution in [2.45, 2.75) is 12.6 Å². The van der Waals surface area contributed by atoms with Gasteiger partial charge in [0, 0.05) is 61.5 Å². The largest absolute Gasteiger partial charge is 0.497 e. The number of rotatable bonds is 9. The molecule has 0 atom stereocenters. The van der Waals surface area contributed by atoms with Crippen LogP contribution < -0.4 is 19.7 Å². The zero-order chi connectivity index (χ0) is 26.6. The van der Waals surface area contributed by atoms with Crippen LogP contribution in [0, 0.1) is 0 Å². The lowest BCUT2D eigenvalue weighted by Gasteiger charge is -2.26. The number of hydrogen-bond acceptors (Lipinski definition) is 7. The van der Waals surface area contributed by atoms with Crippen LogP contribution in [0.1, 0.15) is 6.42 Å². The second kappa shape index (κ2) is 10.7. The maximum atomic E-state index is 12.6. The number of alkyl halides is 3. The van der Waals surface area contributed by atoms with Crippen molar-refractivity contribution >= 4 is 28.3 Å². The molecule has 0 fully saturated rings. The standard InChI is InChI=1S/C25H25F3N6O3/c1-33-15-16(13-31-33)23-14-30-21-6-5-17(11-22(21)32-23)34(8-4-7-29-24(35)25(26,27)28)18-9-19(36-2)12-20(10-18)37-3/h5-6,9-15H,4,7-8H2,1-3H3,(H,29,35). The van der Waals surface area contributed by atoms with E-state index in [1.807, 2.05) is 41.7 Å². The average Bonchev–Trinajstić information content (AvgIpc) is 3.33. The van der Waals surface area contributed by atoms with E-state index in [1.54, 1.807) is 35.3 Å². The normalized spacial score (nSPS) is 11.4. The van der Waals surface area contributed by atoms with Gasteiger partial charge in [0.1, 0.15) is 11.5 Å². The van der Waals surface area contributed by atoms with Gasteiger partial charge in [-0.25, -0.2) is 4.98 Å². The Morgan fingerprint density at radius 1 is 1.03 bits per heavy atom. The number of nitrogens with zero attached hydrogens (tertiary/aromatic N) is 5. The van der Waals surface area contributed by atoms with Crippen LogP contribution in [0.4, 0.5) is 24.5 Å². The lowest BCUT2D eigenvalue weighted by molar-refractivity contribution is -0.173. The molecular formula is C25H25F3N6O3. The molecule has 9 nitrogen and oxygen atoms in total. The number of carbonyl (C=O) groups is 1. The highest BCUT2D eigenvalue weighted by Gasteiger charge is 2.38. The van der Waals surface area contributed by atoms with Crippen LogP contribution in [0.2, 0.25) is 0 Å². The van der Waals surface area contributed by atoms with E-state index in [-0.39, 0.29) is 19.5 Å². The molecule has 2 aromatic carbocycles. The van der Waals surface area contributed by atoms with Crippen LogP contribution >= 0.6 is 0 Å². The molecule has 2 aromatic heterocycles. The minimum Gasteiger partial charge on any atom is -0.497 e. The number of carbonyl (C=O) groups excluding carboxylic acids is 1. The van der Waals surface area contributed by atoms with Crippen LogP contribution in [-0.4, -0.2) is 59.1 Å². The van der Waals surface area contributed by atoms with Crippen molar-refractivity contribution in [3.8, 4) is 22.8 Å². The summed E-state index contributed by atoms with van der Waals surface area (Å²) in [4.78, 5) is 22.3. The molecule has 0 saturated heterocycles. The van der Waals surface area contributed by atoms with E-state index in [1.165, 1.54) is 14.2 Å². The number of nitrogens with one attached hydrogen (secondary N) is 1. The average molecular weight is 515 g/mol. The third-order valence-electron chi connectivity index (χ3n) is 5.59. The van der Waals surface area contributed by atoms with Crippen molar-refractivity contribution < 1.29 is 27.4 Å². The van der Waals surface area contributed by atoms with Crippen molar-refractivity contribution in [1.29, 1.82) is 0 Å². The first-order chi connectivity index (χ1) is 17.7. The molecule has 194 valence electrons. The highest BCUT2D eigenvalue weighted by molar-refractivity contribution is 5.83. The molecule has 0 bridgehead atoms. The number of aromatic nitrogens is 4. The fourth-order valence-corrected chi connectivity index (χ4v) is 3.76. The zero-order valence-electron chi connectivity index (χ0n) is 20.4. The van der Waals surface area contributed by atoms with Crippen molar-refractivity contribution in [1.82, 2.24) is 25.1 Å².